The number of halogens is 1. The van der Waals surface area contributed by atoms with Gasteiger partial charge in [0.05, 0.1) is 79.2 Å². The lowest BCUT2D eigenvalue weighted by molar-refractivity contribution is -0.128. The number of carbonyl (C=O) groups excluding carboxylic acids is 2. The van der Waals surface area contributed by atoms with Gasteiger partial charge >= 0.3 is 0 Å². The lowest BCUT2D eigenvalue weighted by Gasteiger charge is -2.12. The maximum absolute atomic E-state index is 13.6. The fraction of sp³-hybridized carbons (Fsp3) is 0.917. The lowest BCUT2D eigenvalue weighted by atomic mass is 10.0. The van der Waals surface area contributed by atoms with Gasteiger partial charge in [-0.05, 0) is 6.42 Å². The van der Waals surface area contributed by atoms with Crippen LogP contribution in [0.2, 0.25) is 0 Å². The van der Waals surface area contributed by atoms with Crippen LogP contribution in [0.25, 0.3) is 0 Å². The van der Waals surface area contributed by atoms with Crippen molar-refractivity contribution in [2.45, 2.75) is 46.7 Å². The first-order chi connectivity index (χ1) is 16.4. The molecule has 0 aromatic rings. The van der Waals surface area contributed by atoms with Gasteiger partial charge in [-0.2, -0.15) is 0 Å². The van der Waals surface area contributed by atoms with Crippen molar-refractivity contribution in [3.8, 4) is 0 Å². The number of Topliss-reactive ketones (excluding diaryl/α,β-unsaturated/α-hetero) is 1. The summed E-state index contributed by atoms with van der Waals surface area (Å²) < 4.78 is 45.6. The molecular formula is C24H46FNO8. The summed E-state index contributed by atoms with van der Waals surface area (Å²) in [6.07, 6.45) is 0.655. The molecule has 2 unspecified atom stereocenters. The zero-order valence-electron chi connectivity index (χ0n) is 21.5. The summed E-state index contributed by atoms with van der Waals surface area (Å²) in [6.45, 7) is 11.6. The standard InChI is InChI=1S/C24H46FNO8/c1-5-6-21(4)23(27)19-34-16-14-32-12-10-30-8-7-29-9-11-31-13-15-33-18-22(25)17-26-24(28)20(2)3/h20-22H,5-19H2,1-4H3,(H,26,28). The van der Waals surface area contributed by atoms with Gasteiger partial charge in [-0.15, -0.1) is 0 Å². The second-order valence-electron chi connectivity index (χ2n) is 8.23. The lowest BCUT2D eigenvalue weighted by Crippen LogP contribution is -2.35. The maximum atomic E-state index is 13.6. The van der Waals surface area contributed by atoms with Crippen LogP contribution in [0.3, 0.4) is 0 Å². The number of hydrogen-bond acceptors (Lipinski definition) is 8. The second-order valence-corrected chi connectivity index (χ2v) is 8.23. The Morgan fingerprint density at radius 3 is 1.62 bits per heavy atom. The van der Waals surface area contributed by atoms with Crippen molar-refractivity contribution in [1.82, 2.24) is 5.32 Å². The van der Waals surface area contributed by atoms with Gasteiger partial charge in [0.2, 0.25) is 5.91 Å². The summed E-state index contributed by atoms with van der Waals surface area (Å²) in [5.74, 6) is -0.143. The molecule has 1 N–H and O–H groups in total. The summed E-state index contributed by atoms with van der Waals surface area (Å²) in [6, 6.07) is 0. The number of hydrogen-bond donors (Lipinski definition) is 1. The highest BCUT2D eigenvalue weighted by molar-refractivity contribution is 5.81. The van der Waals surface area contributed by atoms with Crippen molar-refractivity contribution >= 4 is 11.7 Å². The summed E-state index contributed by atoms with van der Waals surface area (Å²) in [4.78, 5) is 23.1. The molecule has 0 aliphatic rings. The van der Waals surface area contributed by atoms with E-state index >= 15 is 0 Å². The van der Waals surface area contributed by atoms with E-state index in [0.29, 0.717) is 59.5 Å². The van der Waals surface area contributed by atoms with E-state index in [0.717, 1.165) is 12.8 Å². The predicted octanol–water partition coefficient (Wildman–Crippen LogP) is 2.20. The maximum Gasteiger partial charge on any atom is 0.222 e. The van der Waals surface area contributed by atoms with Gasteiger partial charge in [-0.25, -0.2) is 4.39 Å². The topological polar surface area (TPSA) is 102 Å². The molecule has 0 aliphatic heterocycles. The third-order valence-corrected chi connectivity index (χ3v) is 4.70. The molecule has 0 radical (unpaired) electrons. The summed E-state index contributed by atoms with van der Waals surface area (Å²) in [5.41, 5.74) is 0. The van der Waals surface area contributed by atoms with E-state index in [2.05, 4.69) is 12.2 Å². The molecule has 0 saturated carbocycles. The molecule has 9 nitrogen and oxygen atoms in total. The normalized spacial score (nSPS) is 13.2. The zero-order valence-corrected chi connectivity index (χ0v) is 21.5. The van der Waals surface area contributed by atoms with Crippen LogP contribution in [0.15, 0.2) is 0 Å². The second kappa shape index (κ2) is 23.6. The van der Waals surface area contributed by atoms with Crippen molar-refractivity contribution in [2.75, 3.05) is 85.8 Å². The van der Waals surface area contributed by atoms with Gasteiger partial charge in [0.25, 0.3) is 0 Å². The third kappa shape index (κ3) is 21.4. The Balaban J connectivity index is 3.24. The van der Waals surface area contributed by atoms with Crippen molar-refractivity contribution in [2.24, 2.45) is 11.8 Å². The molecule has 0 aromatic heterocycles. The first-order valence-corrected chi connectivity index (χ1v) is 12.3. The Kier molecular flexibility index (Phi) is 22.8. The van der Waals surface area contributed by atoms with E-state index < -0.39 is 6.17 Å². The smallest absolute Gasteiger partial charge is 0.222 e. The summed E-state index contributed by atoms with van der Waals surface area (Å²) in [5, 5.41) is 2.52. The quantitative estimate of drug-likeness (QED) is 0.192. The fourth-order valence-corrected chi connectivity index (χ4v) is 2.59. The molecule has 0 aromatic carbocycles. The SMILES string of the molecule is CCCC(C)C(=O)COCCOCCOCCOCCOCCOCC(F)CNC(=O)C(C)C. The highest BCUT2D eigenvalue weighted by Gasteiger charge is 2.12. The van der Waals surface area contributed by atoms with Crippen LogP contribution < -0.4 is 5.32 Å². The first-order valence-electron chi connectivity index (χ1n) is 12.3. The van der Waals surface area contributed by atoms with E-state index in [1.807, 2.05) is 6.92 Å². The van der Waals surface area contributed by atoms with Crippen LogP contribution in [0.1, 0.15) is 40.5 Å². The van der Waals surface area contributed by atoms with Crippen molar-refractivity contribution < 1.29 is 42.4 Å². The highest BCUT2D eigenvalue weighted by atomic mass is 19.1. The molecule has 0 fully saturated rings. The largest absolute Gasteiger partial charge is 0.377 e. The number of alkyl halides is 1. The van der Waals surface area contributed by atoms with E-state index in [9.17, 15) is 14.0 Å². The Morgan fingerprint density at radius 2 is 1.18 bits per heavy atom. The molecule has 10 heteroatoms. The minimum atomic E-state index is -1.24. The zero-order chi connectivity index (χ0) is 25.4. The molecule has 0 saturated heterocycles. The predicted molar refractivity (Wildman–Crippen MR) is 127 cm³/mol. The Hall–Kier alpha value is -1.17. The van der Waals surface area contributed by atoms with Crippen LogP contribution in [0, 0.1) is 11.8 Å². The molecule has 0 aliphatic carbocycles. The van der Waals surface area contributed by atoms with E-state index in [1.165, 1.54) is 0 Å². The van der Waals surface area contributed by atoms with E-state index in [-0.39, 0.29) is 49.9 Å². The Bertz CT molecular complexity index is 496. The Labute approximate surface area is 204 Å². The molecule has 0 rings (SSSR count). The van der Waals surface area contributed by atoms with Crippen molar-refractivity contribution in [1.29, 1.82) is 0 Å². The van der Waals surface area contributed by atoms with Gasteiger partial charge in [0.15, 0.2) is 5.78 Å². The van der Waals surface area contributed by atoms with Crippen LogP contribution in [-0.4, -0.2) is 104 Å². The number of amides is 1. The number of carbonyl (C=O) groups is 2. The average Bonchev–Trinajstić information content (AvgIpc) is 2.81. The molecular weight excluding hydrogens is 449 g/mol. The Morgan fingerprint density at radius 1 is 0.735 bits per heavy atom. The summed E-state index contributed by atoms with van der Waals surface area (Å²) >= 11 is 0. The molecule has 0 heterocycles. The molecule has 1 amide bonds. The van der Waals surface area contributed by atoms with Crippen molar-refractivity contribution in [3.63, 3.8) is 0 Å². The number of nitrogens with one attached hydrogen (secondary N) is 1. The van der Waals surface area contributed by atoms with Gasteiger partial charge in [0, 0.05) is 11.8 Å². The number of rotatable bonds is 25. The summed E-state index contributed by atoms with van der Waals surface area (Å²) in [7, 11) is 0. The monoisotopic (exact) mass is 495 g/mol. The minimum absolute atomic E-state index is 0.0466. The molecule has 202 valence electrons. The fourth-order valence-electron chi connectivity index (χ4n) is 2.59. The van der Waals surface area contributed by atoms with E-state index in [4.69, 9.17) is 28.4 Å². The third-order valence-electron chi connectivity index (χ3n) is 4.70. The van der Waals surface area contributed by atoms with Crippen LogP contribution in [-0.2, 0) is 38.0 Å². The minimum Gasteiger partial charge on any atom is -0.377 e. The highest BCUT2D eigenvalue weighted by Crippen LogP contribution is 2.06. The average molecular weight is 496 g/mol. The van der Waals surface area contributed by atoms with Crippen LogP contribution in [0.5, 0.6) is 0 Å². The van der Waals surface area contributed by atoms with Gasteiger partial charge in [-0.3, -0.25) is 9.59 Å². The number of ketones is 1. The van der Waals surface area contributed by atoms with Gasteiger partial charge in [0.1, 0.15) is 12.8 Å². The first kappa shape index (κ1) is 32.8. The number of ether oxygens (including phenoxy) is 6. The molecule has 34 heavy (non-hydrogen) atoms. The van der Waals surface area contributed by atoms with Gasteiger partial charge in [-0.1, -0.05) is 34.1 Å². The van der Waals surface area contributed by atoms with Crippen LogP contribution in [0.4, 0.5) is 4.39 Å². The van der Waals surface area contributed by atoms with Gasteiger partial charge < -0.3 is 33.7 Å². The van der Waals surface area contributed by atoms with Crippen molar-refractivity contribution in [3.05, 3.63) is 0 Å². The van der Waals surface area contributed by atoms with Crippen LogP contribution >= 0.6 is 0 Å². The van der Waals surface area contributed by atoms with E-state index in [1.54, 1.807) is 13.8 Å². The molecule has 2 atom stereocenters. The molecule has 0 bridgehead atoms. The molecule has 0 spiro atoms.